The van der Waals surface area contributed by atoms with Gasteiger partial charge in [0, 0.05) is 24.7 Å². The van der Waals surface area contributed by atoms with Gasteiger partial charge in [-0.3, -0.25) is 0 Å². The number of hydrogen-bond acceptors (Lipinski definition) is 4. The van der Waals surface area contributed by atoms with Crippen LogP contribution in [0, 0.1) is 0 Å². The van der Waals surface area contributed by atoms with E-state index in [1.54, 1.807) is 16.8 Å². The molecule has 96 valence electrons. The molecule has 2 aromatic heterocycles. The van der Waals surface area contributed by atoms with Crippen molar-refractivity contribution in [1.29, 1.82) is 0 Å². The molecule has 0 aliphatic carbocycles. The van der Waals surface area contributed by atoms with Crippen molar-refractivity contribution in [2.75, 3.05) is 25.4 Å². The first-order chi connectivity index (χ1) is 8.78. The summed E-state index contributed by atoms with van der Waals surface area (Å²) in [6.45, 7) is 5.64. The Kier molecular flexibility index (Phi) is 2.91. The topological polar surface area (TPSA) is 59.5 Å². The van der Waals surface area contributed by atoms with Crippen LogP contribution in [0.1, 0.15) is 31.4 Å². The summed E-state index contributed by atoms with van der Waals surface area (Å²) in [4.78, 5) is 6.78. The third-order valence-corrected chi connectivity index (χ3v) is 3.78. The van der Waals surface area contributed by atoms with Gasteiger partial charge in [-0.1, -0.05) is 6.92 Å². The maximum Gasteiger partial charge on any atom is 0.157 e. The molecule has 1 aliphatic rings. The number of hydrogen-bond donors (Lipinski definition) is 1. The number of nitrogens with two attached hydrogens (primary N) is 1. The summed E-state index contributed by atoms with van der Waals surface area (Å²) in [5, 5.41) is 4.61. The van der Waals surface area contributed by atoms with Crippen LogP contribution >= 0.6 is 0 Å². The Balaban J connectivity index is 1.92. The van der Waals surface area contributed by atoms with E-state index in [9.17, 15) is 0 Å². The van der Waals surface area contributed by atoms with E-state index in [4.69, 9.17) is 5.73 Å². The van der Waals surface area contributed by atoms with Gasteiger partial charge >= 0.3 is 0 Å². The molecule has 5 heteroatoms. The number of likely N-dealkylation sites (tertiary alicyclic amines) is 1. The summed E-state index contributed by atoms with van der Waals surface area (Å²) >= 11 is 0. The lowest BCUT2D eigenvalue weighted by atomic mass is 9.95. The monoisotopic (exact) mass is 245 g/mol. The molecular weight excluding hydrogens is 226 g/mol. The first kappa shape index (κ1) is 11.5. The first-order valence-electron chi connectivity index (χ1n) is 6.60. The molecule has 2 aromatic rings. The van der Waals surface area contributed by atoms with Gasteiger partial charge in [0.25, 0.3) is 0 Å². The number of anilines is 1. The van der Waals surface area contributed by atoms with Gasteiger partial charge in [0.1, 0.15) is 5.82 Å². The van der Waals surface area contributed by atoms with E-state index in [1.807, 2.05) is 0 Å². The summed E-state index contributed by atoms with van der Waals surface area (Å²) in [5.74, 6) is 1.16. The Bertz CT molecular complexity index is 547. The highest BCUT2D eigenvalue weighted by atomic mass is 15.3. The van der Waals surface area contributed by atoms with Crippen molar-refractivity contribution >= 4 is 11.5 Å². The lowest BCUT2D eigenvalue weighted by molar-refractivity contribution is 0.216. The Labute approximate surface area is 107 Å². The van der Waals surface area contributed by atoms with E-state index in [2.05, 4.69) is 28.0 Å². The number of likely N-dealkylation sites (N-methyl/N-ethyl adjacent to an activating group) is 1. The van der Waals surface area contributed by atoms with Crippen LogP contribution in [0.3, 0.4) is 0 Å². The lowest BCUT2D eigenvalue weighted by Gasteiger charge is -2.30. The fourth-order valence-electron chi connectivity index (χ4n) is 2.72. The van der Waals surface area contributed by atoms with Crippen LogP contribution in [0.2, 0.25) is 0 Å². The summed E-state index contributed by atoms with van der Waals surface area (Å²) in [7, 11) is 0. The van der Waals surface area contributed by atoms with Gasteiger partial charge in [-0.2, -0.15) is 9.61 Å². The van der Waals surface area contributed by atoms with Crippen LogP contribution in [0.4, 0.5) is 5.82 Å². The fraction of sp³-hybridized carbons (Fsp3) is 0.538. The zero-order valence-corrected chi connectivity index (χ0v) is 10.7. The number of aromatic nitrogens is 3. The van der Waals surface area contributed by atoms with Gasteiger partial charge in [0.15, 0.2) is 5.65 Å². The average Bonchev–Trinajstić information content (AvgIpc) is 2.84. The van der Waals surface area contributed by atoms with Gasteiger partial charge < -0.3 is 10.6 Å². The quantitative estimate of drug-likeness (QED) is 0.871. The Morgan fingerprint density at radius 3 is 3.17 bits per heavy atom. The Morgan fingerprint density at radius 1 is 1.50 bits per heavy atom. The van der Waals surface area contributed by atoms with E-state index in [0.29, 0.717) is 11.7 Å². The third kappa shape index (κ3) is 1.95. The molecule has 3 rings (SSSR count). The summed E-state index contributed by atoms with van der Waals surface area (Å²) in [6.07, 6.45) is 4.19. The second-order valence-electron chi connectivity index (χ2n) is 4.94. The SMILES string of the molecule is CCN1CCCC(c2cc3nccc(N)n3n2)C1. The number of rotatable bonds is 2. The van der Waals surface area contributed by atoms with Crippen molar-refractivity contribution in [3.8, 4) is 0 Å². The number of piperidine rings is 1. The minimum Gasteiger partial charge on any atom is -0.384 e. The van der Waals surface area contributed by atoms with E-state index in [0.717, 1.165) is 24.4 Å². The largest absolute Gasteiger partial charge is 0.384 e. The minimum absolute atomic E-state index is 0.514. The predicted molar refractivity (Wildman–Crippen MR) is 71.5 cm³/mol. The Hall–Kier alpha value is -1.62. The summed E-state index contributed by atoms with van der Waals surface area (Å²) in [6, 6.07) is 3.85. The molecule has 0 amide bonds. The normalized spacial score (nSPS) is 21.5. The van der Waals surface area contributed by atoms with Gasteiger partial charge in [0.05, 0.1) is 5.69 Å². The first-order valence-corrected chi connectivity index (χ1v) is 6.60. The van der Waals surface area contributed by atoms with Crippen LogP contribution in [-0.4, -0.2) is 39.1 Å². The number of nitrogens with zero attached hydrogens (tertiary/aromatic N) is 4. The van der Waals surface area contributed by atoms with Gasteiger partial charge in [-0.05, 0) is 32.0 Å². The van der Waals surface area contributed by atoms with Crippen LogP contribution in [0.15, 0.2) is 18.3 Å². The smallest absolute Gasteiger partial charge is 0.157 e. The van der Waals surface area contributed by atoms with Crippen molar-refractivity contribution in [2.24, 2.45) is 0 Å². The van der Waals surface area contributed by atoms with E-state index in [1.165, 1.54) is 19.4 Å². The lowest BCUT2D eigenvalue weighted by Crippen LogP contribution is -2.34. The van der Waals surface area contributed by atoms with E-state index >= 15 is 0 Å². The van der Waals surface area contributed by atoms with Gasteiger partial charge in [-0.15, -0.1) is 0 Å². The molecule has 1 saturated heterocycles. The van der Waals surface area contributed by atoms with Crippen molar-refractivity contribution in [3.05, 3.63) is 24.0 Å². The molecule has 0 saturated carbocycles. The number of nitrogen functional groups attached to an aromatic ring is 1. The molecule has 2 N–H and O–H groups in total. The molecular formula is C13H19N5. The second kappa shape index (κ2) is 4.57. The van der Waals surface area contributed by atoms with Gasteiger partial charge in [-0.25, -0.2) is 4.98 Å². The second-order valence-corrected chi connectivity index (χ2v) is 4.94. The Morgan fingerprint density at radius 2 is 2.39 bits per heavy atom. The van der Waals surface area contributed by atoms with E-state index in [-0.39, 0.29) is 0 Å². The molecule has 1 unspecified atom stereocenters. The molecule has 0 bridgehead atoms. The van der Waals surface area contributed by atoms with Crippen molar-refractivity contribution < 1.29 is 0 Å². The van der Waals surface area contributed by atoms with Crippen molar-refractivity contribution in [2.45, 2.75) is 25.7 Å². The van der Waals surface area contributed by atoms with Crippen LogP contribution in [-0.2, 0) is 0 Å². The summed E-state index contributed by atoms with van der Waals surface area (Å²) < 4.78 is 1.74. The molecule has 5 nitrogen and oxygen atoms in total. The molecule has 18 heavy (non-hydrogen) atoms. The van der Waals surface area contributed by atoms with Gasteiger partial charge in [0.2, 0.25) is 0 Å². The highest BCUT2D eigenvalue weighted by molar-refractivity contribution is 5.46. The molecule has 0 aromatic carbocycles. The predicted octanol–water partition coefficient (Wildman–Crippen LogP) is 1.51. The molecule has 3 heterocycles. The maximum atomic E-state index is 5.90. The molecule has 1 atom stereocenters. The van der Waals surface area contributed by atoms with Crippen molar-refractivity contribution in [1.82, 2.24) is 19.5 Å². The zero-order chi connectivity index (χ0) is 12.5. The highest BCUT2D eigenvalue weighted by Crippen LogP contribution is 2.26. The highest BCUT2D eigenvalue weighted by Gasteiger charge is 2.22. The van der Waals surface area contributed by atoms with Crippen LogP contribution in [0.5, 0.6) is 0 Å². The standard InChI is InChI=1S/C13H19N5/c1-2-17-7-3-4-10(9-17)11-8-13-15-6-5-12(14)18(13)16-11/h5-6,8,10H,2-4,7,9,14H2,1H3. The van der Waals surface area contributed by atoms with Crippen molar-refractivity contribution in [3.63, 3.8) is 0 Å². The molecule has 0 radical (unpaired) electrons. The number of fused-ring (bicyclic) bond motifs is 1. The zero-order valence-electron chi connectivity index (χ0n) is 10.7. The van der Waals surface area contributed by atoms with E-state index < -0.39 is 0 Å². The third-order valence-electron chi connectivity index (χ3n) is 3.78. The molecule has 1 aliphatic heterocycles. The molecule has 0 spiro atoms. The maximum absolute atomic E-state index is 5.90. The average molecular weight is 245 g/mol. The molecule has 1 fully saturated rings. The minimum atomic E-state index is 0.514. The fourth-order valence-corrected chi connectivity index (χ4v) is 2.72. The van der Waals surface area contributed by atoms with Crippen LogP contribution < -0.4 is 5.73 Å². The summed E-state index contributed by atoms with van der Waals surface area (Å²) in [5.41, 5.74) is 7.87. The van der Waals surface area contributed by atoms with Crippen LogP contribution in [0.25, 0.3) is 5.65 Å².